The molecule has 112 valence electrons. The van der Waals surface area contributed by atoms with Crippen molar-refractivity contribution in [2.75, 3.05) is 6.54 Å². The maximum absolute atomic E-state index is 3.57. The molecule has 1 N–H and O–H groups in total. The monoisotopic (exact) mass is 409 g/mol. The Labute approximate surface area is 144 Å². The molecule has 0 aliphatic carbocycles. The minimum atomic E-state index is 0.481. The lowest BCUT2D eigenvalue weighted by Gasteiger charge is -2.20. The van der Waals surface area contributed by atoms with Crippen LogP contribution >= 0.6 is 31.9 Å². The zero-order chi connectivity index (χ0) is 15.2. The third-order valence-corrected chi connectivity index (χ3v) is 4.51. The average Bonchev–Trinajstić information content (AvgIpc) is 2.44. The average molecular weight is 411 g/mol. The van der Waals surface area contributed by atoms with Crippen molar-refractivity contribution in [1.29, 1.82) is 0 Å². The Morgan fingerprint density at radius 1 is 0.952 bits per heavy atom. The van der Waals surface area contributed by atoms with Crippen molar-refractivity contribution in [2.45, 2.75) is 32.2 Å². The van der Waals surface area contributed by atoms with Gasteiger partial charge in [0.15, 0.2) is 0 Å². The van der Waals surface area contributed by atoms with E-state index < -0.39 is 0 Å². The minimum Gasteiger partial charge on any atom is -0.314 e. The smallest absolute Gasteiger partial charge is 0.0177 e. The van der Waals surface area contributed by atoms with E-state index in [0.717, 1.165) is 21.9 Å². The molecule has 0 saturated heterocycles. The Kier molecular flexibility index (Phi) is 6.46. The van der Waals surface area contributed by atoms with E-state index in [4.69, 9.17) is 0 Å². The molecule has 2 aromatic rings. The zero-order valence-electron chi connectivity index (χ0n) is 12.4. The number of rotatable bonds is 6. The van der Waals surface area contributed by atoms with E-state index in [2.05, 4.69) is 99.6 Å². The topological polar surface area (TPSA) is 12.0 Å². The summed E-state index contributed by atoms with van der Waals surface area (Å²) >= 11 is 7.07. The first-order valence-corrected chi connectivity index (χ1v) is 8.86. The molecule has 0 amide bonds. The second-order valence-corrected chi connectivity index (χ2v) is 7.48. The van der Waals surface area contributed by atoms with Gasteiger partial charge in [0.1, 0.15) is 0 Å². The first-order chi connectivity index (χ1) is 10.0. The van der Waals surface area contributed by atoms with Gasteiger partial charge in [0.05, 0.1) is 0 Å². The van der Waals surface area contributed by atoms with Gasteiger partial charge in [0.25, 0.3) is 0 Å². The predicted octanol–water partition coefficient (Wildman–Crippen LogP) is 5.54. The maximum Gasteiger partial charge on any atom is 0.0177 e. The Morgan fingerprint density at radius 2 is 1.67 bits per heavy atom. The van der Waals surface area contributed by atoms with Crippen LogP contribution in [0.15, 0.2) is 57.5 Å². The molecule has 0 aliphatic heterocycles. The lowest BCUT2D eigenvalue weighted by atomic mass is 9.92. The van der Waals surface area contributed by atoms with Crippen LogP contribution in [0.1, 0.15) is 30.9 Å². The van der Waals surface area contributed by atoms with E-state index in [1.54, 1.807) is 0 Å². The van der Waals surface area contributed by atoms with Crippen LogP contribution in [0.4, 0.5) is 0 Å². The normalized spacial score (nSPS) is 12.6. The molecule has 3 heteroatoms. The van der Waals surface area contributed by atoms with E-state index in [1.165, 1.54) is 11.1 Å². The van der Waals surface area contributed by atoms with Gasteiger partial charge in [-0.1, -0.05) is 70.0 Å². The van der Waals surface area contributed by atoms with Crippen molar-refractivity contribution in [3.05, 3.63) is 68.6 Å². The zero-order valence-corrected chi connectivity index (χ0v) is 15.6. The second kappa shape index (κ2) is 8.11. The summed E-state index contributed by atoms with van der Waals surface area (Å²) in [4.78, 5) is 0. The summed E-state index contributed by atoms with van der Waals surface area (Å²) in [6.45, 7) is 5.38. The lowest BCUT2D eigenvalue weighted by molar-refractivity contribution is 0.527. The van der Waals surface area contributed by atoms with E-state index in [0.29, 0.717) is 12.0 Å². The maximum atomic E-state index is 3.57. The van der Waals surface area contributed by atoms with Gasteiger partial charge in [-0.3, -0.25) is 0 Å². The summed E-state index contributed by atoms with van der Waals surface area (Å²) in [7, 11) is 0. The Balaban J connectivity index is 2.17. The molecule has 0 saturated carbocycles. The first kappa shape index (κ1) is 16.7. The Bertz CT molecular complexity index is 564. The quantitative estimate of drug-likeness (QED) is 0.659. The highest BCUT2D eigenvalue weighted by Crippen LogP contribution is 2.24. The van der Waals surface area contributed by atoms with Crippen LogP contribution in [-0.2, 0) is 6.42 Å². The number of hydrogen-bond donors (Lipinski definition) is 1. The number of halogens is 2. The number of benzene rings is 2. The van der Waals surface area contributed by atoms with Crippen molar-refractivity contribution < 1.29 is 0 Å². The van der Waals surface area contributed by atoms with E-state index in [-0.39, 0.29) is 0 Å². The summed E-state index contributed by atoms with van der Waals surface area (Å²) in [5, 5.41) is 3.57. The molecular weight excluding hydrogens is 390 g/mol. The van der Waals surface area contributed by atoms with Crippen molar-refractivity contribution in [3.8, 4) is 0 Å². The van der Waals surface area contributed by atoms with Gasteiger partial charge in [0.2, 0.25) is 0 Å². The summed E-state index contributed by atoms with van der Waals surface area (Å²) in [5.41, 5.74) is 2.74. The molecule has 0 fully saturated rings. The van der Waals surface area contributed by atoms with Crippen LogP contribution in [-0.4, -0.2) is 12.6 Å². The minimum absolute atomic E-state index is 0.481. The van der Waals surface area contributed by atoms with Gasteiger partial charge < -0.3 is 5.32 Å². The Morgan fingerprint density at radius 3 is 2.29 bits per heavy atom. The standard InChI is InChI=1S/C18H21Br2N/c1-13(2)21-12-16(15-6-8-17(19)9-7-15)10-14-4-3-5-18(20)11-14/h3-9,11,13,16,21H,10,12H2,1-2H3. The van der Waals surface area contributed by atoms with E-state index >= 15 is 0 Å². The van der Waals surface area contributed by atoms with Crippen molar-refractivity contribution in [2.24, 2.45) is 0 Å². The van der Waals surface area contributed by atoms with Gasteiger partial charge in [-0.15, -0.1) is 0 Å². The molecule has 0 heterocycles. The Hall–Kier alpha value is -0.640. The summed E-state index contributed by atoms with van der Waals surface area (Å²) in [5.74, 6) is 0.481. The van der Waals surface area contributed by atoms with Crippen LogP contribution < -0.4 is 5.32 Å². The molecule has 0 aliphatic rings. The fraction of sp³-hybridized carbons (Fsp3) is 0.333. The molecule has 0 bridgehead atoms. The molecular formula is C18H21Br2N. The first-order valence-electron chi connectivity index (χ1n) is 7.28. The summed E-state index contributed by atoms with van der Waals surface area (Å²) in [6, 6.07) is 17.8. The largest absolute Gasteiger partial charge is 0.314 e. The molecule has 0 spiro atoms. The van der Waals surface area contributed by atoms with Crippen LogP contribution in [0.3, 0.4) is 0 Å². The van der Waals surface area contributed by atoms with Crippen LogP contribution in [0.2, 0.25) is 0 Å². The fourth-order valence-electron chi connectivity index (χ4n) is 2.37. The van der Waals surface area contributed by atoms with Gasteiger partial charge in [-0.2, -0.15) is 0 Å². The van der Waals surface area contributed by atoms with Crippen molar-refractivity contribution in [1.82, 2.24) is 5.32 Å². The number of hydrogen-bond acceptors (Lipinski definition) is 1. The summed E-state index contributed by atoms with van der Waals surface area (Å²) < 4.78 is 2.27. The molecule has 1 nitrogen and oxygen atoms in total. The second-order valence-electron chi connectivity index (χ2n) is 5.65. The van der Waals surface area contributed by atoms with Crippen molar-refractivity contribution in [3.63, 3.8) is 0 Å². The lowest BCUT2D eigenvalue weighted by Crippen LogP contribution is -2.28. The highest BCUT2D eigenvalue weighted by molar-refractivity contribution is 9.10. The van der Waals surface area contributed by atoms with Crippen molar-refractivity contribution >= 4 is 31.9 Å². The third-order valence-electron chi connectivity index (χ3n) is 3.49. The molecule has 1 unspecified atom stereocenters. The van der Waals surface area contributed by atoms with Crippen LogP contribution in [0.25, 0.3) is 0 Å². The highest BCUT2D eigenvalue weighted by Gasteiger charge is 2.13. The van der Waals surface area contributed by atoms with Gasteiger partial charge in [-0.25, -0.2) is 0 Å². The van der Waals surface area contributed by atoms with Gasteiger partial charge >= 0.3 is 0 Å². The molecule has 1 atom stereocenters. The molecule has 0 radical (unpaired) electrons. The van der Waals surface area contributed by atoms with E-state index in [1.807, 2.05) is 0 Å². The molecule has 2 rings (SSSR count). The third kappa shape index (κ3) is 5.57. The summed E-state index contributed by atoms with van der Waals surface area (Å²) in [6.07, 6.45) is 1.04. The van der Waals surface area contributed by atoms with Crippen LogP contribution in [0.5, 0.6) is 0 Å². The molecule has 0 aromatic heterocycles. The van der Waals surface area contributed by atoms with Crippen LogP contribution in [0, 0.1) is 0 Å². The fourth-order valence-corrected chi connectivity index (χ4v) is 3.08. The van der Waals surface area contributed by atoms with Gasteiger partial charge in [-0.05, 0) is 41.8 Å². The SMILES string of the molecule is CC(C)NCC(Cc1cccc(Br)c1)c1ccc(Br)cc1. The predicted molar refractivity (Wildman–Crippen MR) is 97.9 cm³/mol. The highest BCUT2D eigenvalue weighted by atomic mass is 79.9. The molecule has 2 aromatic carbocycles. The van der Waals surface area contributed by atoms with Gasteiger partial charge in [0, 0.05) is 27.4 Å². The molecule has 21 heavy (non-hydrogen) atoms. The number of nitrogens with one attached hydrogen (secondary N) is 1. The van der Waals surface area contributed by atoms with E-state index in [9.17, 15) is 0 Å².